The van der Waals surface area contributed by atoms with Gasteiger partial charge in [-0.25, -0.2) is 4.98 Å². The molecule has 0 saturated carbocycles. The molecule has 0 fully saturated rings. The molecule has 7 heteroatoms. The summed E-state index contributed by atoms with van der Waals surface area (Å²) in [6, 6.07) is 15.9. The number of rotatable bonds is 5. The fourth-order valence-electron chi connectivity index (χ4n) is 5.04. The normalized spacial score (nSPS) is 18.5. The van der Waals surface area contributed by atoms with Gasteiger partial charge >= 0.3 is 0 Å². The summed E-state index contributed by atoms with van der Waals surface area (Å²) in [6.07, 6.45) is 1.17. The summed E-state index contributed by atoms with van der Waals surface area (Å²) in [5.41, 5.74) is 4.89. The highest BCUT2D eigenvalue weighted by atomic mass is 32.2. The molecule has 0 amide bonds. The molecule has 5 rings (SSSR count). The summed E-state index contributed by atoms with van der Waals surface area (Å²) in [5, 5.41) is 3.94. The smallest absolute Gasteiger partial charge is 0.257 e. The van der Waals surface area contributed by atoms with Crippen LogP contribution in [0.4, 0.5) is 5.82 Å². The van der Waals surface area contributed by atoms with Crippen molar-refractivity contribution in [3.63, 3.8) is 0 Å². The van der Waals surface area contributed by atoms with Gasteiger partial charge in [-0.1, -0.05) is 67.6 Å². The van der Waals surface area contributed by atoms with Crippen molar-refractivity contribution >= 4 is 23.4 Å². The van der Waals surface area contributed by atoms with Crippen LogP contribution in [0, 0.1) is 12.3 Å². The first-order chi connectivity index (χ1) is 16.7. The van der Waals surface area contributed by atoms with Crippen LogP contribution in [0.2, 0.25) is 0 Å². The molecule has 180 valence electrons. The molecule has 2 heterocycles. The minimum Gasteiger partial charge on any atom is -0.497 e. The first kappa shape index (κ1) is 23.4. The largest absolute Gasteiger partial charge is 0.497 e. The van der Waals surface area contributed by atoms with Crippen LogP contribution in [0.3, 0.4) is 0 Å². The van der Waals surface area contributed by atoms with E-state index in [1.54, 1.807) is 7.11 Å². The highest BCUT2D eigenvalue weighted by Crippen LogP contribution is 2.47. The van der Waals surface area contributed by atoms with E-state index in [1.165, 1.54) is 22.9 Å². The highest BCUT2D eigenvalue weighted by molar-refractivity contribution is 7.98. The van der Waals surface area contributed by atoms with Crippen LogP contribution in [0.15, 0.2) is 69.8 Å². The zero-order valence-electron chi connectivity index (χ0n) is 20.4. The van der Waals surface area contributed by atoms with E-state index in [1.807, 2.05) is 30.3 Å². The van der Waals surface area contributed by atoms with Crippen molar-refractivity contribution in [2.24, 2.45) is 5.41 Å². The maximum atomic E-state index is 13.5. The molecule has 1 aliphatic heterocycles. The summed E-state index contributed by atoms with van der Waals surface area (Å²) in [7, 11) is 1.62. The fourth-order valence-corrected chi connectivity index (χ4v) is 5.85. The van der Waals surface area contributed by atoms with E-state index in [4.69, 9.17) is 9.72 Å². The van der Waals surface area contributed by atoms with E-state index in [2.05, 4.69) is 49.3 Å². The number of nitrogens with one attached hydrogen (secondary N) is 2. The molecule has 0 bridgehead atoms. The number of H-pyrrole nitrogens is 1. The van der Waals surface area contributed by atoms with Gasteiger partial charge in [0.2, 0.25) is 0 Å². The molecule has 0 saturated heterocycles. The summed E-state index contributed by atoms with van der Waals surface area (Å²) in [6.45, 7) is 6.26. The van der Waals surface area contributed by atoms with E-state index in [-0.39, 0.29) is 16.8 Å². The Balaban J connectivity index is 1.57. The van der Waals surface area contributed by atoms with Crippen LogP contribution in [-0.4, -0.2) is 22.9 Å². The number of aryl methyl sites for hydroxylation is 1. The maximum Gasteiger partial charge on any atom is 0.257 e. The Bertz CT molecular complexity index is 1390. The average molecular weight is 488 g/mol. The number of hydrogen-bond acceptors (Lipinski definition) is 6. The minimum absolute atomic E-state index is 0.0764. The molecule has 1 aliphatic carbocycles. The number of carbonyl (C=O) groups excluding carboxylic acids is 1. The van der Waals surface area contributed by atoms with Crippen LogP contribution in [-0.2, 0) is 10.5 Å². The van der Waals surface area contributed by atoms with Crippen LogP contribution >= 0.6 is 11.8 Å². The number of methoxy groups -OCH3 is 1. The summed E-state index contributed by atoms with van der Waals surface area (Å²) in [5.74, 6) is 1.56. The van der Waals surface area contributed by atoms with Crippen molar-refractivity contribution in [3.05, 3.63) is 92.4 Å². The minimum atomic E-state index is -0.470. The average Bonchev–Trinajstić information content (AvgIpc) is 2.81. The van der Waals surface area contributed by atoms with Crippen molar-refractivity contribution in [1.29, 1.82) is 0 Å². The zero-order valence-corrected chi connectivity index (χ0v) is 21.2. The molecule has 6 nitrogen and oxygen atoms in total. The number of carbonyl (C=O) groups is 1. The van der Waals surface area contributed by atoms with Crippen LogP contribution in [0.1, 0.15) is 54.9 Å². The molecule has 2 aromatic carbocycles. The summed E-state index contributed by atoms with van der Waals surface area (Å²) < 4.78 is 5.32. The Labute approximate surface area is 209 Å². The van der Waals surface area contributed by atoms with Crippen molar-refractivity contribution in [2.45, 2.75) is 50.4 Å². The zero-order chi connectivity index (χ0) is 24.7. The Morgan fingerprint density at radius 1 is 1.11 bits per heavy atom. The Morgan fingerprint density at radius 3 is 2.60 bits per heavy atom. The van der Waals surface area contributed by atoms with Gasteiger partial charge < -0.3 is 15.0 Å². The Hall–Kier alpha value is -3.32. The van der Waals surface area contributed by atoms with E-state index < -0.39 is 5.92 Å². The van der Waals surface area contributed by atoms with Gasteiger partial charge in [0.25, 0.3) is 5.56 Å². The lowest BCUT2D eigenvalue weighted by Gasteiger charge is -2.38. The van der Waals surface area contributed by atoms with Gasteiger partial charge in [-0.3, -0.25) is 9.59 Å². The molecule has 2 aliphatic rings. The topological polar surface area (TPSA) is 84.1 Å². The van der Waals surface area contributed by atoms with Gasteiger partial charge in [0.1, 0.15) is 11.6 Å². The van der Waals surface area contributed by atoms with Crippen molar-refractivity contribution < 1.29 is 9.53 Å². The van der Waals surface area contributed by atoms with Crippen molar-refractivity contribution in [3.8, 4) is 5.75 Å². The third-order valence-electron chi connectivity index (χ3n) is 6.61. The summed E-state index contributed by atoms with van der Waals surface area (Å²) in [4.78, 5) is 34.6. The highest BCUT2D eigenvalue weighted by Gasteiger charge is 2.42. The van der Waals surface area contributed by atoms with Gasteiger partial charge in [-0.05, 0) is 42.0 Å². The fraction of sp³-hybridized carbons (Fsp3) is 0.321. The molecule has 0 radical (unpaired) electrons. The number of ketones is 1. The van der Waals surface area contributed by atoms with Crippen molar-refractivity contribution in [1.82, 2.24) is 9.97 Å². The van der Waals surface area contributed by atoms with E-state index >= 15 is 0 Å². The second-order valence-corrected chi connectivity index (χ2v) is 11.0. The molecule has 0 spiro atoms. The van der Waals surface area contributed by atoms with Gasteiger partial charge in [-0.2, -0.15) is 0 Å². The second kappa shape index (κ2) is 9.04. The van der Waals surface area contributed by atoms with Gasteiger partial charge in [0.15, 0.2) is 10.9 Å². The Kier molecular flexibility index (Phi) is 6.05. The van der Waals surface area contributed by atoms with Crippen molar-refractivity contribution in [2.75, 3.05) is 12.4 Å². The number of fused-ring (bicyclic) bond motifs is 1. The lowest BCUT2D eigenvalue weighted by molar-refractivity contribution is -0.118. The first-order valence-electron chi connectivity index (χ1n) is 11.7. The molecule has 2 N–H and O–H groups in total. The molecule has 35 heavy (non-hydrogen) atoms. The first-order valence-corrected chi connectivity index (χ1v) is 12.7. The lowest BCUT2D eigenvalue weighted by atomic mass is 9.69. The van der Waals surface area contributed by atoms with Crippen LogP contribution in [0.5, 0.6) is 5.75 Å². The molecule has 3 aromatic rings. The molecule has 0 unspecified atom stereocenters. The number of thioether (sulfide) groups is 1. The number of benzene rings is 2. The van der Waals surface area contributed by atoms with E-state index in [9.17, 15) is 9.59 Å². The number of nitrogens with zero attached hydrogens (tertiary/aromatic N) is 1. The molecular formula is C28H29N3O3S. The summed E-state index contributed by atoms with van der Waals surface area (Å²) >= 11 is 1.49. The number of hydrogen-bond donors (Lipinski definition) is 2. The standard InChI is InChI=1S/C28H29N3O3S/c1-16-6-5-7-17(12-16)15-35-27-30-25-24(26(33)31-27)22(18-8-10-19(34-4)11-9-18)23-20(29-25)13-28(2,3)14-21(23)32/h5-12,22H,13-15H2,1-4H3,(H2,29,30,31,33)/t22-/m1/s1. The van der Waals surface area contributed by atoms with E-state index in [0.29, 0.717) is 34.3 Å². The predicted octanol–water partition coefficient (Wildman–Crippen LogP) is 5.58. The quantitative estimate of drug-likeness (QED) is 0.361. The number of aromatic nitrogens is 2. The number of aromatic amines is 1. The van der Waals surface area contributed by atoms with E-state index in [0.717, 1.165) is 23.4 Å². The van der Waals surface area contributed by atoms with Crippen LogP contribution in [0.25, 0.3) is 0 Å². The van der Waals surface area contributed by atoms with Crippen LogP contribution < -0.4 is 15.6 Å². The second-order valence-electron chi connectivity index (χ2n) is 10.1. The predicted molar refractivity (Wildman–Crippen MR) is 139 cm³/mol. The Morgan fingerprint density at radius 2 is 1.89 bits per heavy atom. The SMILES string of the molecule is COc1ccc([C@@H]2C3=C(CC(C)(C)CC3=O)Nc3nc(SCc4cccc(C)c4)[nH]c(=O)c32)cc1. The molecular weight excluding hydrogens is 458 g/mol. The van der Waals surface area contributed by atoms with Gasteiger partial charge in [0, 0.05) is 29.4 Å². The number of ether oxygens (including phenoxy) is 1. The number of anilines is 1. The number of allylic oxidation sites excluding steroid dienone is 2. The number of Topliss-reactive ketones (excluding diaryl/α,β-unsaturated/α-hetero) is 1. The third kappa shape index (κ3) is 4.65. The maximum absolute atomic E-state index is 13.5. The lowest BCUT2D eigenvalue weighted by Crippen LogP contribution is -2.37. The van der Waals surface area contributed by atoms with Gasteiger partial charge in [0.05, 0.1) is 12.7 Å². The van der Waals surface area contributed by atoms with Gasteiger partial charge in [-0.15, -0.1) is 0 Å². The third-order valence-corrected chi connectivity index (χ3v) is 7.55. The molecule has 1 aromatic heterocycles. The monoisotopic (exact) mass is 487 g/mol. The molecule has 1 atom stereocenters.